The summed E-state index contributed by atoms with van der Waals surface area (Å²) in [5.41, 5.74) is 1.81. The van der Waals surface area contributed by atoms with Gasteiger partial charge in [0.15, 0.2) is 0 Å². The van der Waals surface area contributed by atoms with E-state index in [1.807, 2.05) is 48.6 Å². The molecule has 2 aromatic heterocycles. The summed E-state index contributed by atoms with van der Waals surface area (Å²) in [7, 11) is 0. The Morgan fingerprint density at radius 3 is 2.47 bits per heavy atom. The first-order valence-corrected chi connectivity index (χ1v) is 13.0. The fourth-order valence-corrected chi connectivity index (χ4v) is 5.35. The Labute approximate surface area is 212 Å². The van der Waals surface area contributed by atoms with E-state index in [1.54, 1.807) is 6.92 Å². The zero-order valence-corrected chi connectivity index (χ0v) is 21.6. The maximum atomic E-state index is 11.8. The van der Waals surface area contributed by atoms with Crippen molar-refractivity contribution in [3.8, 4) is 11.6 Å². The molecule has 4 heterocycles. The Hall–Kier alpha value is -3.49. The molecule has 9 nitrogen and oxygen atoms in total. The summed E-state index contributed by atoms with van der Waals surface area (Å²) < 4.78 is 7.50. The van der Waals surface area contributed by atoms with Crippen LogP contribution < -0.4 is 14.5 Å². The highest BCUT2D eigenvalue weighted by Crippen LogP contribution is 2.42. The van der Waals surface area contributed by atoms with Crippen LogP contribution in [0.3, 0.4) is 0 Å². The fourth-order valence-electron chi connectivity index (χ4n) is 5.35. The molecule has 2 fully saturated rings. The number of rotatable bonds is 6. The molecule has 2 aliphatic rings. The number of fused-ring (bicyclic) bond motifs is 1. The summed E-state index contributed by atoms with van der Waals surface area (Å²) in [4.78, 5) is 28.1. The van der Waals surface area contributed by atoms with Crippen molar-refractivity contribution < 1.29 is 14.6 Å². The van der Waals surface area contributed by atoms with Crippen LogP contribution in [0.2, 0.25) is 0 Å². The van der Waals surface area contributed by atoms with Crippen LogP contribution in [-0.4, -0.2) is 69.8 Å². The van der Waals surface area contributed by atoms with E-state index in [1.165, 1.54) is 5.56 Å². The van der Waals surface area contributed by atoms with E-state index in [0.29, 0.717) is 44.3 Å². The molecule has 1 N–H and O–H groups in total. The molecule has 0 spiro atoms. The van der Waals surface area contributed by atoms with Crippen molar-refractivity contribution in [2.24, 2.45) is 0 Å². The van der Waals surface area contributed by atoms with E-state index in [9.17, 15) is 9.90 Å². The predicted octanol–water partition coefficient (Wildman–Crippen LogP) is 4.13. The number of hydrogen-bond donors (Lipinski definition) is 1. The largest absolute Gasteiger partial charge is 0.494 e. The number of amides is 1. The molecule has 0 saturated carbocycles. The number of benzene rings is 1. The lowest BCUT2D eigenvalue weighted by Gasteiger charge is -2.35. The molecular formula is C27H36N6O3. The average Bonchev–Trinajstić information content (AvgIpc) is 3.49. The second kappa shape index (κ2) is 9.87. The molecule has 3 aromatic rings. The van der Waals surface area contributed by atoms with E-state index < -0.39 is 0 Å². The molecule has 9 heteroatoms. The molecule has 0 aliphatic carbocycles. The van der Waals surface area contributed by atoms with Crippen LogP contribution in [0.1, 0.15) is 58.2 Å². The fraction of sp³-hybridized carbons (Fsp3) is 0.519. The van der Waals surface area contributed by atoms with Crippen LogP contribution in [0.4, 0.5) is 11.8 Å². The first-order chi connectivity index (χ1) is 17.4. The quantitative estimate of drug-likeness (QED) is 0.554. The van der Waals surface area contributed by atoms with Crippen molar-refractivity contribution in [2.45, 2.75) is 52.6 Å². The first-order valence-electron chi connectivity index (χ1n) is 13.0. The van der Waals surface area contributed by atoms with E-state index >= 15 is 0 Å². The number of piperazine rings is 1. The van der Waals surface area contributed by atoms with Gasteiger partial charge in [0.05, 0.1) is 18.0 Å². The Kier molecular flexibility index (Phi) is 6.64. The predicted molar refractivity (Wildman–Crippen MR) is 141 cm³/mol. The van der Waals surface area contributed by atoms with Gasteiger partial charge >= 0.3 is 0 Å². The van der Waals surface area contributed by atoms with Crippen molar-refractivity contribution in [3.05, 3.63) is 36.0 Å². The molecule has 0 bridgehead atoms. The maximum absolute atomic E-state index is 11.8. The van der Waals surface area contributed by atoms with Crippen molar-refractivity contribution in [2.75, 3.05) is 49.1 Å². The molecule has 1 unspecified atom stereocenters. The van der Waals surface area contributed by atoms with Gasteiger partial charge in [-0.3, -0.25) is 4.79 Å². The van der Waals surface area contributed by atoms with Gasteiger partial charge in [-0.15, -0.1) is 0 Å². The van der Waals surface area contributed by atoms with E-state index in [0.717, 1.165) is 36.3 Å². The highest BCUT2D eigenvalue weighted by atomic mass is 16.5. The van der Waals surface area contributed by atoms with Gasteiger partial charge in [-0.25, -0.2) is 4.98 Å². The minimum atomic E-state index is 0.0913. The Morgan fingerprint density at radius 2 is 1.83 bits per heavy atom. The zero-order chi connectivity index (χ0) is 25.4. The number of aromatic nitrogens is 3. The molecule has 2 saturated heterocycles. The van der Waals surface area contributed by atoms with Crippen molar-refractivity contribution in [1.82, 2.24) is 19.4 Å². The van der Waals surface area contributed by atoms with Crippen LogP contribution in [0.15, 0.2) is 30.5 Å². The lowest BCUT2D eigenvalue weighted by atomic mass is 10.0. The molecule has 2 aliphatic heterocycles. The SMILES string of the molecule is CCOc1ccc(C2CCCN2c2nc(N3CCN(C(C)=O)CC3)nc3c(O)n(C(C)C)cc23)cc1. The minimum Gasteiger partial charge on any atom is -0.494 e. The number of ether oxygens (including phenoxy) is 1. The lowest BCUT2D eigenvalue weighted by molar-refractivity contribution is -0.129. The van der Waals surface area contributed by atoms with Gasteiger partial charge in [0.2, 0.25) is 17.7 Å². The van der Waals surface area contributed by atoms with Crippen molar-refractivity contribution in [1.29, 1.82) is 0 Å². The van der Waals surface area contributed by atoms with Gasteiger partial charge in [-0.2, -0.15) is 4.98 Å². The second-order valence-corrected chi connectivity index (χ2v) is 9.91. The molecule has 1 atom stereocenters. The molecule has 192 valence electrons. The first kappa shape index (κ1) is 24.2. The number of carbonyl (C=O) groups is 1. The summed E-state index contributed by atoms with van der Waals surface area (Å²) in [5.74, 6) is 2.60. The molecule has 1 aromatic carbocycles. The topological polar surface area (TPSA) is 87.0 Å². The summed E-state index contributed by atoms with van der Waals surface area (Å²) >= 11 is 0. The summed E-state index contributed by atoms with van der Waals surface area (Å²) in [6.07, 6.45) is 4.07. The van der Waals surface area contributed by atoms with Gasteiger partial charge in [-0.05, 0) is 51.3 Å². The maximum Gasteiger partial charge on any atom is 0.228 e. The van der Waals surface area contributed by atoms with Gasteiger partial charge in [0.25, 0.3) is 0 Å². The van der Waals surface area contributed by atoms with Gasteiger partial charge in [-0.1, -0.05) is 12.1 Å². The molecule has 0 radical (unpaired) electrons. The van der Waals surface area contributed by atoms with Crippen LogP contribution in [-0.2, 0) is 4.79 Å². The molecular weight excluding hydrogens is 456 g/mol. The number of carbonyl (C=O) groups excluding carboxylic acids is 1. The number of anilines is 2. The van der Waals surface area contributed by atoms with Gasteiger partial charge < -0.3 is 29.1 Å². The Morgan fingerprint density at radius 1 is 1.11 bits per heavy atom. The number of aromatic hydroxyl groups is 1. The third-order valence-electron chi connectivity index (χ3n) is 7.30. The summed E-state index contributed by atoms with van der Waals surface area (Å²) in [6.45, 7) is 11.8. The monoisotopic (exact) mass is 492 g/mol. The molecule has 36 heavy (non-hydrogen) atoms. The summed E-state index contributed by atoms with van der Waals surface area (Å²) in [5, 5.41) is 12.0. The van der Waals surface area contributed by atoms with E-state index in [-0.39, 0.29) is 23.9 Å². The van der Waals surface area contributed by atoms with Gasteiger partial charge in [0, 0.05) is 51.9 Å². The standard InChI is InChI=1S/C27H36N6O3/c1-5-36-21-10-8-20(9-11-21)23-7-6-12-32(23)25-22-17-33(18(2)3)26(35)24(22)28-27(29-25)31-15-13-30(14-16-31)19(4)34/h8-11,17-18,23,35H,5-7,12-16H2,1-4H3. The third-order valence-corrected chi connectivity index (χ3v) is 7.30. The second-order valence-electron chi connectivity index (χ2n) is 9.91. The summed E-state index contributed by atoms with van der Waals surface area (Å²) in [6, 6.07) is 8.63. The zero-order valence-electron chi connectivity index (χ0n) is 21.6. The highest BCUT2D eigenvalue weighted by molar-refractivity contribution is 5.94. The number of hydrogen-bond acceptors (Lipinski definition) is 7. The van der Waals surface area contributed by atoms with Crippen LogP contribution in [0.5, 0.6) is 11.6 Å². The third kappa shape index (κ3) is 4.42. The van der Waals surface area contributed by atoms with Crippen molar-refractivity contribution >= 4 is 28.6 Å². The normalized spacial score (nSPS) is 18.5. The average molecular weight is 493 g/mol. The van der Waals surface area contributed by atoms with Crippen LogP contribution in [0, 0.1) is 0 Å². The lowest BCUT2D eigenvalue weighted by Crippen LogP contribution is -2.48. The Balaban J connectivity index is 1.55. The highest BCUT2D eigenvalue weighted by Gasteiger charge is 2.32. The Bertz CT molecular complexity index is 1230. The van der Waals surface area contributed by atoms with Crippen LogP contribution >= 0.6 is 0 Å². The van der Waals surface area contributed by atoms with Crippen molar-refractivity contribution in [3.63, 3.8) is 0 Å². The smallest absolute Gasteiger partial charge is 0.228 e. The molecule has 5 rings (SSSR count). The van der Waals surface area contributed by atoms with E-state index in [4.69, 9.17) is 14.7 Å². The molecule has 1 amide bonds. The van der Waals surface area contributed by atoms with Crippen LogP contribution in [0.25, 0.3) is 10.9 Å². The number of nitrogens with zero attached hydrogens (tertiary/aromatic N) is 6. The van der Waals surface area contributed by atoms with E-state index in [2.05, 4.69) is 21.9 Å². The van der Waals surface area contributed by atoms with Gasteiger partial charge in [0.1, 0.15) is 17.1 Å². The minimum absolute atomic E-state index is 0.0913.